The van der Waals surface area contributed by atoms with E-state index in [2.05, 4.69) is 10.2 Å². The summed E-state index contributed by atoms with van der Waals surface area (Å²) in [5.74, 6) is 0.131. The van der Waals surface area contributed by atoms with E-state index in [9.17, 15) is 4.79 Å². The Kier molecular flexibility index (Phi) is 6.09. The summed E-state index contributed by atoms with van der Waals surface area (Å²) in [6.07, 6.45) is 6.02. The molecule has 0 heterocycles. The van der Waals surface area contributed by atoms with Crippen LogP contribution in [0.3, 0.4) is 0 Å². The number of carbonyl (C=O) groups is 1. The summed E-state index contributed by atoms with van der Waals surface area (Å²) < 4.78 is 0. The van der Waals surface area contributed by atoms with Crippen LogP contribution in [0.2, 0.25) is 0 Å². The van der Waals surface area contributed by atoms with Gasteiger partial charge in [0.15, 0.2) is 0 Å². The van der Waals surface area contributed by atoms with Crippen LogP contribution >= 0.6 is 0 Å². The molecule has 0 atom stereocenters. The molecule has 4 nitrogen and oxygen atoms in total. The number of nitrogens with two attached hydrogens (primary N) is 1. The normalized spacial score (nSPS) is 17.4. The van der Waals surface area contributed by atoms with Crippen LogP contribution in [0, 0.1) is 0 Å². The molecule has 1 amide bonds. The molecule has 1 aliphatic carbocycles. The zero-order valence-electron chi connectivity index (χ0n) is 12.2. The molecule has 3 N–H and O–H groups in total. The largest absolute Gasteiger partial charge is 0.350 e. The first-order valence-corrected chi connectivity index (χ1v) is 7.17. The first kappa shape index (κ1) is 15.4. The van der Waals surface area contributed by atoms with Crippen molar-refractivity contribution in [2.24, 2.45) is 5.73 Å². The molecule has 1 aliphatic rings. The van der Waals surface area contributed by atoms with Gasteiger partial charge in [-0.15, -0.1) is 0 Å². The third kappa shape index (κ3) is 5.83. The zero-order valence-corrected chi connectivity index (χ0v) is 12.2. The Morgan fingerprint density at radius 1 is 1.33 bits per heavy atom. The average Bonchev–Trinajstić information content (AvgIpc) is 2.74. The number of rotatable bonds is 6. The van der Waals surface area contributed by atoms with E-state index in [4.69, 9.17) is 5.73 Å². The van der Waals surface area contributed by atoms with Gasteiger partial charge in [0, 0.05) is 18.1 Å². The lowest BCUT2D eigenvalue weighted by Crippen LogP contribution is -2.48. The van der Waals surface area contributed by atoms with Crippen molar-refractivity contribution < 1.29 is 4.79 Å². The second-order valence-electron chi connectivity index (χ2n) is 6.35. The monoisotopic (exact) mass is 255 g/mol. The molecule has 0 unspecified atom stereocenters. The lowest BCUT2D eigenvalue weighted by atomic mass is 10.1. The van der Waals surface area contributed by atoms with Crippen LogP contribution in [0.4, 0.5) is 0 Å². The topological polar surface area (TPSA) is 58.4 Å². The van der Waals surface area contributed by atoms with Crippen LogP contribution in [0.1, 0.15) is 52.9 Å². The lowest BCUT2D eigenvalue weighted by molar-refractivity contribution is -0.124. The summed E-state index contributed by atoms with van der Waals surface area (Å²) in [5, 5.41) is 3.04. The maximum Gasteiger partial charge on any atom is 0.234 e. The SMILES string of the molecule is CC(C)(C)NC(=O)CN(CCCN)C1CCCC1. The van der Waals surface area contributed by atoms with E-state index < -0.39 is 0 Å². The Morgan fingerprint density at radius 3 is 2.44 bits per heavy atom. The molecular formula is C14H29N3O. The Morgan fingerprint density at radius 2 is 1.94 bits per heavy atom. The van der Waals surface area contributed by atoms with Crippen molar-refractivity contribution in [2.45, 2.75) is 64.5 Å². The molecule has 18 heavy (non-hydrogen) atoms. The summed E-state index contributed by atoms with van der Waals surface area (Å²) in [5.41, 5.74) is 5.43. The first-order valence-electron chi connectivity index (χ1n) is 7.17. The maximum atomic E-state index is 12.0. The molecule has 1 rings (SSSR count). The van der Waals surface area contributed by atoms with Gasteiger partial charge < -0.3 is 11.1 Å². The Bertz CT molecular complexity index is 254. The third-order valence-electron chi connectivity index (χ3n) is 3.35. The van der Waals surface area contributed by atoms with E-state index in [0.717, 1.165) is 13.0 Å². The van der Waals surface area contributed by atoms with Gasteiger partial charge in [-0.3, -0.25) is 9.69 Å². The highest BCUT2D eigenvalue weighted by Gasteiger charge is 2.25. The molecule has 0 aromatic carbocycles. The van der Waals surface area contributed by atoms with Crippen LogP contribution in [-0.2, 0) is 4.79 Å². The van der Waals surface area contributed by atoms with Crippen molar-refractivity contribution >= 4 is 5.91 Å². The number of amides is 1. The van der Waals surface area contributed by atoms with Gasteiger partial charge in [-0.25, -0.2) is 0 Å². The fourth-order valence-corrected chi connectivity index (χ4v) is 2.60. The molecule has 0 spiro atoms. The van der Waals surface area contributed by atoms with Gasteiger partial charge in [-0.1, -0.05) is 12.8 Å². The molecule has 1 fully saturated rings. The minimum atomic E-state index is -0.147. The Hall–Kier alpha value is -0.610. The van der Waals surface area contributed by atoms with Gasteiger partial charge >= 0.3 is 0 Å². The summed E-state index contributed by atoms with van der Waals surface area (Å²) in [4.78, 5) is 14.3. The van der Waals surface area contributed by atoms with Crippen LogP contribution in [0.5, 0.6) is 0 Å². The first-order chi connectivity index (χ1) is 8.42. The van der Waals surface area contributed by atoms with E-state index in [1.807, 2.05) is 20.8 Å². The van der Waals surface area contributed by atoms with Gasteiger partial charge in [0.05, 0.1) is 6.54 Å². The van der Waals surface area contributed by atoms with Crippen molar-refractivity contribution in [3.8, 4) is 0 Å². The van der Waals surface area contributed by atoms with Crippen LogP contribution in [-0.4, -0.2) is 42.0 Å². The highest BCUT2D eigenvalue weighted by Crippen LogP contribution is 2.23. The molecule has 0 aliphatic heterocycles. The third-order valence-corrected chi connectivity index (χ3v) is 3.35. The Balaban J connectivity index is 2.46. The Labute approximate surface area is 111 Å². The number of hydrogen-bond donors (Lipinski definition) is 2. The summed E-state index contributed by atoms with van der Waals surface area (Å²) in [6.45, 7) is 8.21. The summed E-state index contributed by atoms with van der Waals surface area (Å²) in [7, 11) is 0. The van der Waals surface area contributed by atoms with Gasteiger partial charge in [-0.2, -0.15) is 0 Å². The van der Waals surface area contributed by atoms with E-state index in [1.165, 1.54) is 25.7 Å². The molecule has 106 valence electrons. The number of nitrogens with zero attached hydrogens (tertiary/aromatic N) is 1. The highest BCUT2D eigenvalue weighted by atomic mass is 16.2. The molecule has 1 saturated carbocycles. The molecule has 0 saturated heterocycles. The number of nitrogens with one attached hydrogen (secondary N) is 1. The van der Waals surface area contributed by atoms with Crippen LogP contribution in [0.15, 0.2) is 0 Å². The molecule has 0 radical (unpaired) electrons. The second-order valence-corrected chi connectivity index (χ2v) is 6.35. The second kappa shape index (κ2) is 7.10. The van der Waals surface area contributed by atoms with E-state index in [-0.39, 0.29) is 11.4 Å². The molecule has 0 aromatic heterocycles. The smallest absolute Gasteiger partial charge is 0.234 e. The van der Waals surface area contributed by atoms with Gasteiger partial charge in [0.1, 0.15) is 0 Å². The van der Waals surface area contributed by atoms with Crippen molar-refractivity contribution in [3.63, 3.8) is 0 Å². The number of hydrogen-bond acceptors (Lipinski definition) is 3. The van der Waals surface area contributed by atoms with Crippen LogP contribution < -0.4 is 11.1 Å². The maximum absolute atomic E-state index is 12.0. The van der Waals surface area contributed by atoms with Gasteiger partial charge in [0.25, 0.3) is 0 Å². The summed E-state index contributed by atoms with van der Waals surface area (Å²) >= 11 is 0. The average molecular weight is 255 g/mol. The van der Waals surface area contributed by atoms with Crippen molar-refractivity contribution in [1.82, 2.24) is 10.2 Å². The predicted molar refractivity (Wildman–Crippen MR) is 75.4 cm³/mol. The minimum Gasteiger partial charge on any atom is -0.350 e. The van der Waals surface area contributed by atoms with Gasteiger partial charge in [0.2, 0.25) is 5.91 Å². The zero-order chi connectivity index (χ0) is 13.6. The van der Waals surface area contributed by atoms with E-state index >= 15 is 0 Å². The molecular weight excluding hydrogens is 226 g/mol. The van der Waals surface area contributed by atoms with E-state index in [1.54, 1.807) is 0 Å². The quantitative estimate of drug-likeness (QED) is 0.756. The van der Waals surface area contributed by atoms with Gasteiger partial charge in [-0.05, 0) is 46.6 Å². The van der Waals surface area contributed by atoms with Crippen molar-refractivity contribution in [3.05, 3.63) is 0 Å². The van der Waals surface area contributed by atoms with Crippen LogP contribution in [0.25, 0.3) is 0 Å². The standard InChI is InChI=1S/C14H29N3O/c1-14(2,3)16-13(18)11-17(10-6-9-15)12-7-4-5-8-12/h12H,4-11,15H2,1-3H3,(H,16,18). The molecule has 4 heteroatoms. The molecule has 0 bridgehead atoms. The van der Waals surface area contributed by atoms with E-state index in [0.29, 0.717) is 19.1 Å². The molecule has 0 aromatic rings. The summed E-state index contributed by atoms with van der Waals surface area (Å²) in [6, 6.07) is 0.585. The fourth-order valence-electron chi connectivity index (χ4n) is 2.60. The fraction of sp³-hybridized carbons (Fsp3) is 0.929. The van der Waals surface area contributed by atoms with Crippen molar-refractivity contribution in [1.29, 1.82) is 0 Å². The predicted octanol–water partition coefficient (Wildman–Crippen LogP) is 1.49. The lowest BCUT2D eigenvalue weighted by Gasteiger charge is -2.30. The highest BCUT2D eigenvalue weighted by molar-refractivity contribution is 5.78. The number of carbonyl (C=O) groups excluding carboxylic acids is 1. The van der Waals surface area contributed by atoms with Crippen molar-refractivity contribution in [2.75, 3.05) is 19.6 Å². The minimum absolute atomic E-state index is 0.131.